The molecule has 0 saturated heterocycles. The standard InChI is InChI=1S/C14H12F2N4O2S/c15-10-7-12-13(8-11(10)16)23(21,22)20-14(19-12)18-6-3-9-1-4-17-5-2-9/h1-2,4-5,7-8H,3,6H2,(H2,18,19,20). The average molecular weight is 338 g/mol. The second-order valence-corrected chi connectivity index (χ2v) is 6.41. The fraction of sp³-hybridized carbons (Fsp3) is 0.143. The molecule has 1 aliphatic heterocycles. The highest BCUT2D eigenvalue weighted by atomic mass is 32.2. The first-order valence-corrected chi connectivity index (χ1v) is 8.13. The van der Waals surface area contributed by atoms with Crippen LogP contribution in [0.2, 0.25) is 0 Å². The monoisotopic (exact) mass is 338 g/mol. The number of guanidine groups is 1. The van der Waals surface area contributed by atoms with Gasteiger partial charge in [0, 0.05) is 25.0 Å². The molecular formula is C14H12F2N4O2S. The molecule has 0 aliphatic carbocycles. The van der Waals surface area contributed by atoms with E-state index in [0.717, 1.165) is 11.6 Å². The van der Waals surface area contributed by atoms with Gasteiger partial charge < -0.3 is 10.6 Å². The van der Waals surface area contributed by atoms with Crippen LogP contribution in [0.4, 0.5) is 14.5 Å². The molecule has 120 valence electrons. The number of halogens is 2. The van der Waals surface area contributed by atoms with E-state index in [1.54, 1.807) is 12.4 Å². The summed E-state index contributed by atoms with van der Waals surface area (Å²) in [6, 6.07) is 5.08. The zero-order valence-corrected chi connectivity index (χ0v) is 12.6. The van der Waals surface area contributed by atoms with Crippen molar-refractivity contribution >= 4 is 21.7 Å². The minimum atomic E-state index is -4.08. The Labute approximate surface area is 131 Å². The molecule has 0 atom stereocenters. The second kappa shape index (κ2) is 5.92. The number of fused-ring (bicyclic) bond motifs is 1. The Hall–Kier alpha value is -2.55. The number of aromatic nitrogens is 1. The number of nitrogens with zero attached hydrogens (tertiary/aromatic N) is 2. The lowest BCUT2D eigenvalue weighted by molar-refractivity contribution is 0.505. The van der Waals surface area contributed by atoms with E-state index < -0.39 is 26.6 Å². The van der Waals surface area contributed by atoms with E-state index >= 15 is 0 Å². The SMILES string of the molecule is O=S1(=O)N=C(NCCc2ccncc2)Nc2cc(F)c(F)cc21. The molecule has 0 unspecified atom stereocenters. The van der Waals surface area contributed by atoms with Crippen molar-refractivity contribution in [1.29, 1.82) is 0 Å². The number of pyridine rings is 1. The van der Waals surface area contributed by atoms with Crippen LogP contribution < -0.4 is 10.6 Å². The molecule has 2 heterocycles. The zero-order chi connectivity index (χ0) is 16.4. The summed E-state index contributed by atoms with van der Waals surface area (Å²) in [5, 5.41) is 5.47. The highest BCUT2D eigenvalue weighted by Crippen LogP contribution is 2.28. The lowest BCUT2D eigenvalue weighted by atomic mass is 10.2. The Kier molecular flexibility index (Phi) is 3.95. The van der Waals surface area contributed by atoms with Crippen LogP contribution in [-0.2, 0) is 16.4 Å². The summed E-state index contributed by atoms with van der Waals surface area (Å²) in [6.45, 7) is 0.407. The maximum absolute atomic E-state index is 13.3. The summed E-state index contributed by atoms with van der Waals surface area (Å²) in [5.41, 5.74) is 0.964. The fourth-order valence-corrected chi connectivity index (χ4v) is 3.20. The van der Waals surface area contributed by atoms with Gasteiger partial charge in [-0.05, 0) is 30.2 Å². The van der Waals surface area contributed by atoms with Gasteiger partial charge >= 0.3 is 0 Å². The van der Waals surface area contributed by atoms with Crippen LogP contribution in [-0.4, -0.2) is 25.9 Å². The van der Waals surface area contributed by atoms with Gasteiger partial charge in [0.1, 0.15) is 4.90 Å². The maximum atomic E-state index is 13.3. The molecule has 0 spiro atoms. The van der Waals surface area contributed by atoms with E-state index in [0.29, 0.717) is 19.0 Å². The molecule has 6 nitrogen and oxygen atoms in total. The van der Waals surface area contributed by atoms with E-state index in [1.807, 2.05) is 12.1 Å². The minimum Gasteiger partial charge on any atom is -0.355 e. The van der Waals surface area contributed by atoms with Gasteiger partial charge in [0.25, 0.3) is 10.0 Å². The molecule has 0 bridgehead atoms. The van der Waals surface area contributed by atoms with Crippen molar-refractivity contribution in [2.24, 2.45) is 4.40 Å². The van der Waals surface area contributed by atoms with Crippen molar-refractivity contribution < 1.29 is 17.2 Å². The van der Waals surface area contributed by atoms with Crippen LogP contribution in [0.15, 0.2) is 46.0 Å². The van der Waals surface area contributed by atoms with Crippen molar-refractivity contribution in [3.8, 4) is 0 Å². The average Bonchev–Trinajstić information content (AvgIpc) is 2.50. The first kappa shape index (κ1) is 15.3. The summed E-state index contributed by atoms with van der Waals surface area (Å²) < 4.78 is 54.0. The molecule has 2 aromatic rings. The number of nitrogens with one attached hydrogen (secondary N) is 2. The number of benzene rings is 1. The van der Waals surface area contributed by atoms with Gasteiger partial charge in [0.2, 0.25) is 5.96 Å². The largest absolute Gasteiger partial charge is 0.355 e. The second-order valence-electron chi connectivity index (χ2n) is 4.83. The van der Waals surface area contributed by atoms with Crippen LogP contribution in [0.1, 0.15) is 5.56 Å². The van der Waals surface area contributed by atoms with E-state index in [-0.39, 0.29) is 11.6 Å². The summed E-state index contributed by atoms with van der Waals surface area (Å²) in [7, 11) is -4.08. The van der Waals surface area contributed by atoms with Crippen LogP contribution in [0.3, 0.4) is 0 Å². The Balaban J connectivity index is 1.75. The molecule has 0 radical (unpaired) electrons. The van der Waals surface area contributed by atoms with Gasteiger partial charge in [-0.15, -0.1) is 4.40 Å². The Morgan fingerprint density at radius 1 is 1.13 bits per heavy atom. The van der Waals surface area contributed by atoms with Crippen LogP contribution in [0.5, 0.6) is 0 Å². The van der Waals surface area contributed by atoms with E-state index in [9.17, 15) is 17.2 Å². The topological polar surface area (TPSA) is 83.5 Å². The Morgan fingerprint density at radius 2 is 1.83 bits per heavy atom. The van der Waals surface area contributed by atoms with E-state index in [2.05, 4.69) is 20.0 Å². The molecular weight excluding hydrogens is 326 g/mol. The third kappa shape index (κ3) is 3.29. The van der Waals surface area contributed by atoms with Crippen molar-refractivity contribution in [2.45, 2.75) is 11.3 Å². The molecule has 0 fully saturated rings. The first-order chi connectivity index (χ1) is 11.0. The highest BCUT2D eigenvalue weighted by Gasteiger charge is 2.27. The van der Waals surface area contributed by atoms with Gasteiger partial charge in [-0.1, -0.05) is 0 Å². The summed E-state index contributed by atoms with van der Waals surface area (Å²) in [6.07, 6.45) is 3.93. The molecule has 23 heavy (non-hydrogen) atoms. The van der Waals surface area contributed by atoms with E-state index in [4.69, 9.17) is 0 Å². The van der Waals surface area contributed by atoms with Gasteiger partial charge in [-0.3, -0.25) is 4.98 Å². The normalized spacial score (nSPS) is 15.3. The molecule has 0 saturated carbocycles. The first-order valence-electron chi connectivity index (χ1n) is 6.69. The zero-order valence-electron chi connectivity index (χ0n) is 11.8. The smallest absolute Gasteiger partial charge is 0.287 e. The van der Waals surface area contributed by atoms with Gasteiger partial charge in [-0.25, -0.2) is 8.78 Å². The van der Waals surface area contributed by atoms with E-state index in [1.165, 1.54) is 0 Å². The summed E-state index contributed by atoms with van der Waals surface area (Å²) >= 11 is 0. The lowest BCUT2D eigenvalue weighted by Gasteiger charge is -2.19. The molecule has 2 N–H and O–H groups in total. The molecule has 1 aliphatic rings. The quantitative estimate of drug-likeness (QED) is 0.889. The summed E-state index contributed by atoms with van der Waals surface area (Å²) in [5.74, 6) is -2.40. The predicted molar refractivity (Wildman–Crippen MR) is 80.5 cm³/mol. The van der Waals surface area contributed by atoms with Gasteiger partial charge in [-0.2, -0.15) is 8.42 Å². The molecule has 9 heteroatoms. The number of hydrogen-bond donors (Lipinski definition) is 2. The van der Waals surface area contributed by atoms with Crippen LogP contribution in [0.25, 0.3) is 0 Å². The van der Waals surface area contributed by atoms with Crippen molar-refractivity contribution in [3.05, 3.63) is 53.9 Å². The fourth-order valence-electron chi connectivity index (χ4n) is 2.11. The highest BCUT2D eigenvalue weighted by molar-refractivity contribution is 7.90. The van der Waals surface area contributed by atoms with Crippen LogP contribution in [0, 0.1) is 11.6 Å². The Morgan fingerprint density at radius 3 is 2.57 bits per heavy atom. The van der Waals surface area contributed by atoms with Crippen molar-refractivity contribution in [1.82, 2.24) is 10.3 Å². The molecule has 1 aromatic heterocycles. The van der Waals surface area contributed by atoms with Gasteiger partial charge in [0.05, 0.1) is 5.69 Å². The molecule has 0 amide bonds. The third-order valence-corrected chi connectivity index (χ3v) is 4.54. The van der Waals surface area contributed by atoms with Crippen molar-refractivity contribution in [3.63, 3.8) is 0 Å². The molecule has 1 aromatic carbocycles. The molecule has 3 rings (SSSR count). The minimum absolute atomic E-state index is 0.0300. The number of sulfonamides is 1. The van der Waals surface area contributed by atoms with Gasteiger partial charge in [0.15, 0.2) is 11.6 Å². The van der Waals surface area contributed by atoms with Crippen molar-refractivity contribution in [2.75, 3.05) is 11.9 Å². The lowest BCUT2D eigenvalue weighted by Crippen LogP contribution is -2.36. The maximum Gasteiger partial charge on any atom is 0.287 e. The number of rotatable bonds is 3. The number of anilines is 1. The predicted octanol–water partition coefficient (Wildman–Crippen LogP) is 1.66. The van der Waals surface area contributed by atoms with Crippen LogP contribution >= 0.6 is 0 Å². The number of hydrogen-bond acceptors (Lipinski definition) is 5. The summed E-state index contributed by atoms with van der Waals surface area (Å²) in [4.78, 5) is 3.51. The Bertz CT molecular complexity index is 870. The third-order valence-electron chi connectivity index (χ3n) is 3.22.